The molecule has 8 heteroatoms. The van der Waals surface area contributed by atoms with Gasteiger partial charge in [0.05, 0.1) is 17.0 Å². The number of ether oxygens (including phenoxy) is 1. The maximum atomic E-state index is 12.9. The fourth-order valence-electron chi connectivity index (χ4n) is 2.31. The number of rotatable bonds is 6. The third-order valence-corrected chi connectivity index (χ3v) is 4.70. The van der Waals surface area contributed by atoms with Gasteiger partial charge in [-0.15, -0.1) is 11.8 Å². The highest BCUT2D eigenvalue weighted by molar-refractivity contribution is 8.00. The van der Waals surface area contributed by atoms with Crippen molar-refractivity contribution in [3.8, 4) is 0 Å². The summed E-state index contributed by atoms with van der Waals surface area (Å²) in [4.78, 5) is 24.5. The van der Waals surface area contributed by atoms with Gasteiger partial charge in [-0.2, -0.15) is 13.2 Å². The number of benzene rings is 2. The van der Waals surface area contributed by atoms with Crippen molar-refractivity contribution in [3.63, 3.8) is 0 Å². The fraction of sp³-hybridized carbons (Fsp3) is 0.263. The van der Waals surface area contributed by atoms with Crippen molar-refractivity contribution in [3.05, 3.63) is 59.2 Å². The number of amides is 1. The maximum Gasteiger partial charge on any atom is 0.418 e. The Bertz CT molecular complexity index is 837. The van der Waals surface area contributed by atoms with E-state index in [4.69, 9.17) is 4.74 Å². The minimum atomic E-state index is -4.59. The predicted octanol–water partition coefficient (Wildman–Crippen LogP) is 4.60. The highest BCUT2D eigenvalue weighted by Crippen LogP contribution is 2.34. The molecule has 27 heavy (non-hydrogen) atoms. The number of aryl methyl sites for hydroxylation is 2. The molecular weight excluding hydrogens is 379 g/mol. The average Bonchev–Trinajstić information content (AvgIpc) is 2.59. The Morgan fingerprint density at radius 2 is 1.81 bits per heavy atom. The summed E-state index contributed by atoms with van der Waals surface area (Å²) in [5, 5.41) is 2.12. The van der Waals surface area contributed by atoms with Crippen LogP contribution in [0.4, 0.5) is 18.9 Å². The lowest BCUT2D eigenvalue weighted by Crippen LogP contribution is -2.23. The van der Waals surface area contributed by atoms with Crippen LogP contribution in [0, 0.1) is 13.8 Å². The number of thioether (sulfide) groups is 1. The van der Waals surface area contributed by atoms with E-state index in [0.717, 1.165) is 28.2 Å². The van der Waals surface area contributed by atoms with Gasteiger partial charge in [0, 0.05) is 4.90 Å². The molecule has 0 aliphatic rings. The number of para-hydroxylation sites is 1. The number of anilines is 1. The minimum absolute atomic E-state index is 0.00365. The zero-order valence-electron chi connectivity index (χ0n) is 14.7. The Hall–Kier alpha value is -2.48. The van der Waals surface area contributed by atoms with Crippen molar-refractivity contribution in [2.75, 3.05) is 17.7 Å². The number of hydrogen-bond acceptors (Lipinski definition) is 4. The summed E-state index contributed by atoms with van der Waals surface area (Å²) in [7, 11) is 0. The van der Waals surface area contributed by atoms with Crippen LogP contribution in [0.5, 0.6) is 0 Å². The van der Waals surface area contributed by atoms with E-state index in [1.807, 2.05) is 32.0 Å². The Morgan fingerprint density at radius 3 is 2.48 bits per heavy atom. The molecule has 0 saturated carbocycles. The van der Waals surface area contributed by atoms with E-state index >= 15 is 0 Å². The van der Waals surface area contributed by atoms with E-state index in [0.29, 0.717) is 0 Å². The van der Waals surface area contributed by atoms with Crippen LogP contribution in [0.25, 0.3) is 0 Å². The van der Waals surface area contributed by atoms with Crippen molar-refractivity contribution in [1.29, 1.82) is 0 Å². The van der Waals surface area contributed by atoms with Gasteiger partial charge >= 0.3 is 12.1 Å². The van der Waals surface area contributed by atoms with Crippen LogP contribution in [0.2, 0.25) is 0 Å². The summed E-state index contributed by atoms with van der Waals surface area (Å²) in [6.07, 6.45) is -4.59. The molecule has 0 fully saturated rings. The largest absolute Gasteiger partial charge is 0.455 e. The number of nitrogens with one attached hydrogen (secondary N) is 1. The molecule has 0 heterocycles. The Morgan fingerprint density at radius 1 is 1.11 bits per heavy atom. The van der Waals surface area contributed by atoms with Crippen molar-refractivity contribution >= 4 is 29.3 Å². The molecule has 0 bridgehead atoms. The van der Waals surface area contributed by atoms with Crippen molar-refractivity contribution in [2.24, 2.45) is 0 Å². The molecule has 144 valence electrons. The van der Waals surface area contributed by atoms with Crippen LogP contribution in [0.15, 0.2) is 47.4 Å². The highest BCUT2D eigenvalue weighted by atomic mass is 32.2. The third-order valence-electron chi connectivity index (χ3n) is 3.55. The highest BCUT2D eigenvalue weighted by Gasteiger charge is 2.33. The van der Waals surface area contributed by atoms with Crippen molar-refractivity contribution in [2.45, 2.75) is 24.9 Å². The first-order valence-corrected chi connectivity index (χ1v) is 8.97. The molecule has 1 N–H and O–H groups in total. The molecule has 0 unspecified atom stereocenters. The molecule has 4 nitrogen and oxygen atoms in total. The number of hydrogen-bond donors (Lipinski definition) is 1. The zero-order chi connectivity index (χ0) is 20.0. The first-order chi connectivity index (χ1) is 12.7. The van der Waals surface area contributed by atoms with Crippen LogP contribution in [0.1, 0.15) is 16.7 Å². The van der Waals surface area contributed by atoms with Gasteiger partial charge in [0.2, 0.25) is 0 Å². The van der Waals surface area contributed by atoms with Gasteiger partial charge in [-0.1, -0.05) is 29.8 Å². The van der Waals surface area contributed by atoms with Gasteiger partial charge in [0.25, 0.3) is 5.91 Å². The number of halogens is 3. The molecule has 0 saturated heterocycles. The Labute approximate surface area is 159 Å². The predicted molar refractivity (Wildman–Crippen MR) is 97.7 cm³/mol. The summed E-state index contributed by atoms with van der Waals surface area (Å²) in [6, 6.07) is 10.4. The second kappa shape index (κ2) is 8.94. The lowest BCUT2D eigenvalue weighted by Gasteiger charge is -2.13. The summed E-state index contributed by atoms with van der Waals surface area (Å²) in [6.45, 7) is 3.23. The van der Waals surface area contributed by atoms with Gasteiger partial charge < -0.3 is 10.1 Å². The molecule has 2 aromatic carbocycles. The Balaban J connectivity index is 1.84. The molecule has 0 spiro atoms. The van der Waals surface area contributed by atoms with E-state index < -0.39 is 30.2 Å². The van der Waals surface area contributed by atoms with Gasteiger partial charge in [-0.05, 0) is 37.6 Å². The molecular formula is C19H18F3NO3S. The first-order valence-electron chi connectivity index (χ1n) is 7.98. The van der Waals surface area contributed by atoms with Gasteiger partial charge in [0.15, 0.2) is 6.61 Å². The van der Waals surface area contributed by atoms with Crippen LogP contribution < -0.4 is 5.32 Å². The minimum Gasteiger partial charge on any atom is -0.455 e. The number of carbonyl (C=O) groups is 2. The lowest BCUT2D eigenvalue weighted by atomic mass is 10.1. The first kappa shape index (κ1) is 20.8. The summed E-state index contributed by atoms with van der Waals surface area (Å²) in [5.74, 6) is -1.47. The molecule has 0 aromatic heterocycles. The van der Waals surface area contributed by atoms with E-state index in [9.17, 15) is 22.8 Å². The molecule has 0 aliphatic heterocycles. The summed E-state index contributed by atoms with van der Waals surface area (Å²) >= 11 is 1.27. The quantitative estimate of drug-likeness (QED) is 0.572. The van der Waals surface area contributed by atoms with Crippen molar-refractivity contribution in [1.82, 2.24) is 0 Å². The fourth-order valence-corrected chi connectivity index (χ4v) is 3.12. The zero-order valence-corrected chi connectivity index (χ0v) is 15.5. The number of carbonyl (C=O) groups excluding carboxylic acids is 2. The van der Waals surface area contributed by atoms with Gasteiger partial charge in [-0.3, -0.25) is 9.59 Å². The van der Waals surface area contributed by atoms with E-state index in [2.05, 4.69) is 5.32 Å². The molecule has 2 rings (SSSR count). The molecule has 0 atom stereocenters. The molecule has 2 aromatic rings. The normalized spacial score (nSPS) is 11.1. The van der Waals surface area contributed by atoms with E-state index in [1.165, 1.54) is 23.9 Å². The van der Waals surface area contributed by atoms with Gasteiger partial charge in [0.1, 0.15) is 0 Å². The van der Waals surface area contributed by atoms with Crippen LogP contribution in [0.3, 0.4) is 0 Å². The lowest BCUT2D eigenvalue weighted by molar-refractivity contribution is -0.144. The average molecular weight is 397 g/mol. The second-order valence-electron chi connectivity index (χ2n) is 5.81. The standard InChI is InChI=1S/C19H18F3NO3S/c1-12-7-8-16(13(2)9-12)27-11-18(25)26-10-17(24)23-15-6-4-3-5-14(15)19(20,21)22/h3-9H,10-11H2,1-2H3,(H,23,24). The smallest absolute Gasteiger partial charge is 0.418 e. The van der Waals surface area contributed by atoms with E-state index in [-0.39, 0.29) is 11.4 Å². The third kappa shape index (κ3) is 6.32. The van der Waals surface area contributed by atoms with Gasteiger partial charge in [-0.25, -0.2) is 0 Å². The number of alkyl halides is 3. The SMILES string of the molecule is Cc1ccc(SCC(=O)OCC(=O)Nc2ccccc2C(F)(F)F)c(C)c1. The van der Waals surface area contributed by atoms with Crippen molar-refractivity contribution < 1.29 is 27.5 Å². The van der Waals surface area contributed by atoms with Crippen LogP contribution in [-0.2, 0) is 20.5 Å². The monoisotopic (exact) mass is 397 g/mol. The maximum absolute atomic E-state index is 12.9. The molecule has 0 aliphatic carbocycles. The second-order valence-corrected chi connectivity index (χ2v) is 6.83. The molecule has 0 radical (unpaired) electrons. The van der Waals surface area contributed by atoms with Crippen LogP contribution in [-0.4, -0.2) is 24.2 Å². The Kier molecular flexibility index (Phi) is 6.90. The topological polar surface area (TPSA) is 55.4 Å². The summed E-state index contributed by atoms with van der Waals surface area (Å²) in [5.41, 5.74) is 0.787. The molecule has 1 amide bonds. The van der Waals surface area contributed by atoms with Crippen LogP contribution >= 0.6 is 11.8 Å². The number of esters is 1. The summed E-state index contributed by atoms with van der Waals surface area (Å²) < 4.78 is 43.5. The van der Waals surface area contributed by atoms with E-state index in [1.54, 1.807) is 0 Å².